The number of allylic oxidation sites excluding steroid dienone is 4. The van der Waals surface area contributed by atoms with Gasteiger partial charge in [0.25, 0.3) is 0 Å². The normalized spacial score (nSPS) is 30.8. The maximum absolute atomic E-state index is 12.9. The van der Waals surface area contributed by atoms with Crippen molar-refractivity contribution in [3.8, 4) is 0 Å². The van der Waals surface area contributed by atoms with Crippen LogP contribution in [0.2, 0.25) is 0 Å². The number of hydrogen-bond acceptors (Lipinski definition) is 1. The van der Waals surface area contributed by atoms with Crippen molar-refractivity contribution in [3.63, 3.8) is 0 Å². The van der Waals surface area contributed by atoms with Crippen molar-refractivity contribution in [2.24, 2.45) is 0 Å². The Bertz CT molecular complexity index is 212. The standard InChI is InChI=1S/C7H8BF2N/c1-11-5-3-2-4(8)6(9)7(5)10/h2-3,6-7,11H,1H3. The second-order valence-electron chi connectivity index (χ2n) is 2.34. The molecule has 2 radical (unpaired) electrons. The van der Waals surface area contributed by atoms with E-state index in [0.717, 1.165) is 0 Å². The number of rotatable bonds is 1. The summed E-state index contributed by atoms with van der Waals surface area (Å²) < 4.78 is 25.6. The van der Waals surface area contributed by atoms with Crippen LogP contribution in [0.25, 0.3) is 0 Å². The predicted octanol–water partition coefficient (Wildman–Crippen LogP) is 0.832. The van der Waals surface area contributed by atoms with Gasteiger partial charge in [0.15, 0.2) is 6.17 Å². The lowest BCUT2D eigenvalue weighted by Gasteiger charge is -2.20. The molecule has 0 saturated heterocycles. The summed E-state index contributed by atoms with van der Waals surface area (Å²) >= 11 is 0. The zero-order chi connectivity index (χ0) is 8.43. The highest BCUT2D eigenvalue weighted by molar-refractivity contribution is 6.22. The van der Waals surface area contributed by atoms with Gasteiger partial charge >= 0.3 is 0 Å². The van der Waals surface area contributed by atoms with Crippen LogP contribution >= 0.6 is 0 Å². The average molecular weight is 155 g/mol. The van der Waals surface area contributed by atoms with Gasteiger partial charge in [-0.25, -0.2) is 8.78 Å². The van der Waals surface area contributed by atoms with Crippen LogP contribution < -0.4 is 5.32 Å². The third kappa shape index (κ3) is 1.44. The largest absolute Gasteiger partial charge is 0.389 e. The topological polar surface area (TPSA) is 12.0 Å². The Balaban J connectivity index is 2.84. The Labute approximate surface area is 65.6 Å². The lowest BCUT2D eigenvalue weighted by atomic mass is 9.85. The third-order valence-corrected chi connectivity index (χ3v) is 1.62. The smallest absolute Gasteiger partial charge is 0.173 e. The van der Waals surface area contributed by atoms with E-state index in [1.54, 1.807) is 7.05 Å². The van der Waals surface area contributed by atoms with Crippen molar-refractivity contribution in [2.75, 3.05) is 7.05 Å². The van der Waals surface area contributed by atoms with E-state index in [9.17, 15) is 8.78 Å². The molecule has 2 atom stereocenters. The molecule has 1 aliphatic rings. The van der Waals surface area contributed by atoms with Gasteiger partial charge in [-0.3, -0.25) is 0 Å². The summed E-state index contributed by atoms with van der Waals surface area (Å²) in [5.74, 6) is 0. The van der Waals surface area contributed by atoms with Crippen molar-refractivity contribution >= 4 is 7.85 Å². The minimum Gasteiger partial charge on any atom is -0.389 e. The van der Waals surface area contributed by atoms with Crippen LogP contribution in [0.5, 0.6) is 0 Å². The molecule has 0 aromatic carbocycles. The summed E-state index contributed by atoms with van der Waals surface area (Å²) in [5, 5.41) is 2.55. The van der Waals surface area contributed by atoms with Crippen LogP contribution in [0, 0.1) is 0 Å². The molecule has 0 spiro atoms. The molecule has 58 valence electrons. The number of nitrogens with one attached hydrogen (secondary N) is 1. The van der Waals surface area contributed by atoms with E-state index in [-0.39, 0.29) is 11.2 Å². The molecule has 0 fully saturated rings. The van der Waals surface area contributed by atoms with Gasteiger partial charge in [0.1, 0.15) is 14.0 Å². The highest BCUT2D eigenvalue weighted by Gasteiger charge is 2.26. The van der Waals surface area contributed by atoms with E-state index in [2.05, 4.69) is 5.32 Å². The van der Waals surface area contributed by atoms with E-state index in [1.165, 1.54) is 12.2 Å². The van der Waals surface area contributed by atoms with Crippen molar-refractivity contribution < 1.29 is 8.78 Å². The van der Waals surface area contributed by atoms with E-state index in [1.807, 2.05) is 0 Å². The van der Waals surface area contributed by atoms with E-state index in [4.69, 9.17) is 7.85 Å². The van der Waals surface area contributed by atoms with Gasteiger partial charge in [-0.05, 0) is 6.08 Å². The quantitative estimate of drug-likeness (QED) is 0.553. The van der Waals surface area contributed by atoms with Gasteiger partial charge in [-0.2, -0.15) is 0 Å². The lowest BCUT2D eigenvalue weighted by molar-refractivity contribution is 0.223. The first-order valence-electron chi connectivity index (χ1n) is 3.30. The monoisotopic (exact) mass is 155 g/mol. The third-order valence-electron chi connectivity index (χ3n) is 1.62. The number of hydrogen-bond donors (Lipinski definition) is 1. The Morgan fingerprint density at radius 2 is 2.00 bits per heavy atom. The van der Waals surface area contributed by atoms with Crippen LogP contribution in [0.3, 0.4) is 0 Å². The second kappa shape index (κ2) is 3.07. The van der Waals surface area contributed by atoms with Gasteiger partial charge in [0, 0.05) is 12.7 Å². The van der Waals surface area contributed by atoms with E-state index < -0.39 is 12.3 Å². The molecular weight excluding hydrogens is 147 g/mol. The van der Waals surface area contributed by atoms with Gasteiger partial charge < -0.3 is 5.32 Å². The summed E-state index contributed by atoms with van der Waals surface area (Å²) in [6.45, 7) is 0. The van der Waals surface area contributed by atoms with Crippen LogP contribution in [-0.4, -0.2) is 27.2 Å². The molecule has 0 saturated carbocycles. The van der Waals surface area contributed by atoms with Crippen molar-refractivity contribution in [2.45, 2.75) is 12.3 Å². The fraction of sp³-hybridized carbons (Fsp3) is 0.429. The van der Waals surface area contributed by atoms with Crippen LogP contribution in [0.4, 0.5) is 8.78 Å². The van der Waals surface area contributed by atoms with Crippen LogP contribution in [0.1, 0.15) is 0 Å². The molecule has 1 aliphatic carbocycles. The van der Waals surface area contributed by atoms with Crippen LogP contribution in [0.15, 0.2) is 23.3 Å². The minimum atomic E-state index is -1.71. The molecular formula is C7H8BF2N. The van der Waals surface area contributed by atoms with Crippen LogP contribution in [-0.2, 0) is 0 Å². The number of halogens is 2. The fourth-order valence-corrected chi connectivity index (χ4v) is 0.918. The maximum atomic E-state index is 12.9. The Kier molecular flexibility index (Phi) is 2.32. The fourth-order valence-electron chi connectivity index (χ4n) is 0.918. The molecule has 0 aromatic rings. The summed E-state index contributed by atoms with van der Waals surface area (Å²) in [6, 6.07) is 0. The summed E-state index contributed by atoms with van der Waals surface area (Å²) in [6.07, 6.45) is -0.546. The summed E-state index contributed by atoms with van der Waals surface area (Å²) in [7, 11) is 6.70. The summed E-state index contributed by atoms with van der Waals surface area (Å²) in [4.78, 5) is 0. The first-order chi connectivity index (χ1) is 5.16. The van der Waals surface area contributed by atoms with Gasteiger partial charge in [0.05, 0.1) is 0 Å². The Morgan fingerprint density at radius 3 is 2.55 bits per heavy atom. The maximum Gasteiger partial charge on any atom is 0.173 e. The van der Waals surface area contributed by atoms with Gasteiger partial charge in [-0.1, -0.05) is 11.5 Å². The molecule has 0 heterocycles. The number of alkyl halides is 2. The van der Waals surface area contributed by atoms with Crippen molar-refractivity contribution in [1.29, 1.82) is 0 Å². The molecule has 0 amide bonds. The average Bonchev–Trinajstić information content (AvgIpc) is 2.01. The van der Waals surface area contributed by atoms with Gasteiger partial charge in [-0.15, -0.1) is 0 Å². The molecule has 0 aromatic heterocycles. The second-order valence-corrected chi connectivity index (χ2v) is 2.34. The molecule has 0 bridgehead atoms. The van der Waals surface area contributed by atoms with Crippen molar-refractivity contribution in [3.05, 3.63) is 23.3 Å². The molecule has 0 aliphatic heterocycles. The first-order valence-corrected chi connectivity index (χ1v) is 3.30. The molecule has 1 rings (SSSR count). The zero-order valence-corrected chi connectivity index (χ0v) is 6.14. The van der Waals surface area contributed by atoms with E-state index in [0.29, 0.717) is 0 Å². The molecule has 1 nitrogen and oxygen atoms in total. The lowest BCUT2D eigenvalue weighted by Crippen LogP contribution is -2.30. The molecule has 2 unspecified atom stereocenters. The highest BCUT2D eigenvalue weighted by Crippen LogP contribution is 2.21. The SMILES string of the molecule is [B]C1=CC=C(NC)C(F)C1F. The van der Waals surface area contributed by atoms with Gasteiger partial charge in [0.2, 0.25) is 0 Å². The Morgan fingerprint density at radius 1 is 1.36 bits per heavy atom. The zero-order valence-electron chi connectivity index (χ0n) is 6.14. The molecule has 4 heteroatoms. The summed E-state index contributed by atoms with van der Waals surface area (Å²) in [5.41, 5.74) is 0.170. The Hall–Kier alpha value is -0.795. The molecule has 1 N–H and O–H groups in total. The minimum absolute atomic E-state index is 0.0588. The highest BCUT2D eigenvalue weighted by atomic mass is 19.2. The predicted molar refractivity (Wildman–Crippen MR) is 40.8 cm³/mol. The van der Waals surface area contributed by atoms with Crippen molar-refractivity contribution in [1.82, 2.24) is 5.32 Å². The molecule has 11 heavy (non-hydrogen) atoms. The first kappa shape index (κ1) is 8.30. The van der Waals surface area contributed by atoms with E-state index >= 15 is 0 Å².